The van der Waals surface area contributed by atoms with Gasteiger partial charge >= 0.3 is 0 Å². The van der Waals surface area contributed by atoms with E-state index in [1.54, 1.807) is 18.3 Å². The number of pyridine rings is 1. The molecule has 2 aliphatic rings. The Kier molecular flexibility index (Phi) is 5.57. The molecule has 4 rings (SSSR count). The Morgan fingerprint density at radius 3 is 2.61 bits per heavy atom. The lowest BCUT2D eigenvalue weighted by Crippen LogP contribution is -2.34. The molecule has 2 aromatic rings. The maximum Gasteiger partial charge on any atom is 0.248 e. The predicted octanol–water partition coefficient (Wildman–Crippen LogP) is 1.68. The van der Waals surface area contributed by atoms with E-state index in [1.807, 2.05) is 0 Å². The summed E-state index contributed by atoms with van der Waals surface area (Å²) in [6.45, 7) is 4.99. The number of carbonyl (C=O) groups excluding carboxylic acids is 1. The summed E-state index contributed by atoms with van der Waals surface area (Å²) < 4.78 is 2.20. The molecule has 0 saturated carbocycles. The van der Waals surface area contributed by atoms with Crippen LogP contribution in [0.25, 0.3) is 0 Å². The van der Waals surface area contributed by atoms with Crippen molar-refractivity contribution in [2.24, 2.45) is 12.8 Å². The van der Waals surface area contributed by atoms with Crippen molar-refractivity contribution in [1.82, 2.24) is 24.6 Å². The van der Waals surface area contributed by atoms with Gasteiger partial charge in [-0.3, -0.25) is 9.69 Å². The molecule has 2 fully saturated rings. The molecule has 28 heavy (non-hydrogen) atoms. The lowest BCUT2D eigenvalue weighted by Gasteiger charge is -2.32. The maximum absolute atomic E-state index is 11.4. The SMILES string of the molecule is Cn1c(CN2CCCCC2)nnc1C1CCN(c2cc(C(N)=O)ccn2)CC1. The minimum atomic E-state index is -0.418. The topological polar surface area (TPSA) is 93.2 Å². The predicted molar refractivity (Wildman–Crippen MR) is 107 cm³/mol. The van der Waals surface area contributed by atoms with Crippen molar-refractivity contribution in [2.45, 2.75) is 44.6 Å². The summed E-state index contributed by atoms with van der Waals surface area (Å²) in [5, 5.41) is 9.02. The van der Waals surface area contributed by atoms with E-state index in [1.165, 1.54) is 19.3 Å². The second-order valence-corrected chi connectivity index (χ2v) is 7.90. The molecule has 2 aliphatic heterocycles. The molecule has 1 amide bonds. The monoisotopic (exact) mass is 383 g/mol. The van der Waals surface area contributed by atoms with Crippen LogP contribution in [0, 0.1) is 0 Å². The van der Waals surface area contributed by atoms with E-state index in [9.17, 15) is 4.79 Å². The van der Waals surface area contributed by atoms with Crippen LogP contribution in [0.4, 0.5) is 5.82 Å². The number of aromatic nitrogens is 4. The van der Waals surface area contributed by atoms with Crippen LogP contribution in [0.5, 0.6) is 0 Å². The fourth-order valence-electron chi connectivity index (χ4n) is 4.30. The van der Waals surface area contributed by atoms with Crippen LogP contribution in [-0.4, -0.2) is 56.7 Å². The largest absolute Gasteiger partial charge is 0.366 e. The molecular formula is C20H29N7O. The molecule has 0 unspecified atom stereocenters. The molecule has 8 heteroatoms. The van der Waals surface area contributed by atoms with E-state index in [0.29, 0.717) is 11.5 Å². The van der Waals surface area contributed by atoms with Gasteiger partial charge < -0.3 is 15.2 Å². The van der Waals surface area contributed by atoms with Crippen LogP contribution >= 0.6 is 0 Å². The molecule has 0 radical (unpaired) electrons. The summed E-state index contributed by atoms with van der Waals surface area (Å²) in [4.78, 5) is 20.5. The highest BCUT2D eigenvalue weighted by atomic mass is 16.1. The van der Waals surface area contributed by atoms with E-state index in [2.05, 4.69) is 36.6 Å². The standard InChI is InChI=1S/C20H29N7O/c1-25-18(14-26-9-3-2-4-10-26)23-24-20(25)15-6-11-27(12-7-15)17-13-16(19(21)28)5-8-22-17/h5,8,13,15H,2-4,6-7,9-12,14H2,1H3,(H2,21,28). The van der Waals surface area contributed by atoms with E-state index in [0.717, 1.165) is 63.0 Å². The van der Waals surface area contributed by atoms with Gasteiger partial charge in [0.05, 0.1) is 6.54 Å². The number of amides is 1. The Morgan fingerprint density at radius 1 is 1.14 bits per heavy atom. The molecule has 8 nitrogen and oxygen atoms in total. The van der Waals surface area contributed by atoms with Crippen LogP contribution in [-0.2, 0) is 13.6 Å². The molecule has 0 spiro atoms. The number of carbonyl (C=O) groups is 1. The van der Waals surface area contributed by atoms with Gasteiger partial charge in [-0.15, -0.1) is 10.2 Å². The fraction of sp³-hybridized carbons (Fsp3) is 0.600. The number of nitrogens with two attached hydrogens (primary N) is 1. The van der Waals surface area contributed by atoms with Crippen molar-refractivity contribution < 1.29 is 4.79 Å². The highest BCUT2D eigenvalue weighted by molar-refractivity contribution is 5.93. The number of nitrogens with zero attached hydrogens (tertiary/aromatic N) is 6. The summed E-state index contributed by atoms with van der Waals surface area (Å²) in [5.74, 6) is 2.96. The van der Waals surface area contributed by atoms with Gasteiger partial charge in [-0.05, 0) is 50.9 Å². The first-order valence-electron chi connectivity index (χ1n) is 10.2. The lowest BCUT2D eigenvalue weighted by molar-refractivity contribution is 0.1000. The van der Waals surface area contributed by atoms with Crippen molar-refractivity contribution >= 4 is 11.7 Å². The van der Waals surface area contributed by atoms with Crippen LogP contribution in [0.2, 0.25) is 0 Å². The molecule has 0 aromatic carbocycles. The molecule has 0 atom stereocenters. The first kappa shape index (κ1) is 18.9. The first-order valence-corrected chi connectivity index (χ1v) is 10.2. The van der Waals surface area contributed by atoms with Crippen molar-refractivity contribution in [3.63, 3.8) is 0 Å². The molecule has 150 valence electrons. The Labute approximate surface area is 165 Å². The number of hydrogen-bond acceptors (Lipinski definition) is 6. The second kappa shape index (κ2) is 8.26. The lowest BCUT2D eigenvalue weighted by atomic mass is 9.96. The zero-order chi connectivity index (χ0) is 19.5. The van der Waals surface area contributed by atoms with Gasteiger partial charge in [-0.25, -0.2) is 4.98 Å². The summed E-state index contributed by atoms with van der Waals surface area (Å²) in [6.07, 6.45) is 7.56. The van der Waals surface area contributed by atoms with Gasteiger partial charge in [-0.2, -0.15) is 0 Å². The highest BCUT2D eigenvalue weighted by Crippen LogP contribution is 2.29. The minimum absolute atomic E-state index is 0.406. The number of anilines is 1. The van der Waals surface area contributed by atoms with Gasteiger partial charge in [-0.1, -0.05) is 6.42 Å². The Bertz CT molecular complexity index is 820. The Morgan fingerprint density at radius 2 is 1.89 bits per heavy atom. The van der Waals surface area contributed by atoms with Gasteiger partial charge in [0.25, 0.3) is 0 Å². The van der Waals surface area contributed by atoms with Crippen LogP contribution in [0.15, 0.2) is 18.3 Å². The van der Waals surface area contributed by atoms with Crippen molar-refractivity contribution in [3.05, 3.63) is 35.5 Å². The van der Waals surface area contributed by atoms with E-state index < -0.39 is 5.91 Å². The third kappa shape index (κ3) is 4.01. The summed E-state index contributed by atoms with van der Waals surface area (Å²) in [5.41, 5.74) is 5.89. The maximum atomic E-state index is 11.4. The third-order valence-electron chi connectivity index (χ3n) is 6.03. The number of hydrogen-bond donors (Lipinski definition) is 1. The second-order valence-electron chi connectivity index (χ2n) is 7.90. The van der Waals surface area contributed by atoms with Gasteiger partial charge in [0.2, 0.25) is 5.91 Å². The minimum Gasteiger partial charge on any atom is -0.366 e. The molecule has 0 bridgehead atoms. The van der Waals surface area contributed by atoms with Gasteiger partial charge in [0.15, 0.2) is 0 Å². The summed E-state index contributed by atoms with van der Waals surface area (Å²) >= 11 is 0. The molecule has 4 heterocycles. The van der Waals surface area contributed by atoms with E-state index >= 15 is 0 Å². The average Bonchev–Trinajstić information content (AvgIpc) is 3.09. The van der Waals surface area contributed by atoms with Gasteiger partial charge in [0.1, 0.15) is 17.5 Å². The Balaban J connectivity index is 1.38. The normalized spacial score (nSPS) is 19.1. The van der Waals surface area contributed by atoms with E-state index in [4.69, 9.17) is 5.73 Å². The number of rotatable bonds is 5. The summed E-state index contributed by atoms with van der Waals surface area (Å²) in [7, 11) is 2.10. The zero-order valence-corrected chi connectivity index (χ0v) is 16.5. The van der Waals surface area contributed by atoms with Crippen LogP contribution in [0.3, 0.4) is 0 Å². The molecule has 2 saturated heterocycles. The third-order valence-corrected chi connectivity index (χ3v) is 6.03. The molecule has 0 aliphatic carbocycles. The van der Waals surface area contributed by atoms with Crippen LogP contribution < -0.4 is 10.6 Å². The number of piperidine rings is 2. The quantitative estimate of drug-likeness (QED) is 0.844. The molecular weight excluding hydrogens is 354 g/mol. The molecule has 2 N–H and O–H groups in total. The zero-order valence-electron chi connectivity index (χ0n) is 16.5. The first-order chi connectivity index (χ1) is 13.6. The van der Waals surface area contributed by atoms with Crippen molar-refractivity contribution in [3.8, 4) is 0 Å². The number of likely N-dealkylation sites (tertiary alicyclic amines) is 1. The number of primary amides is 1. The smallest absolute Gasteiger partial charge is 0.248 e. The average molecular weight is 384 g/mol. The van der Waals surface area contributed by atoms with Crippen molar-refractivity contribution in [2.75, 3.05) is 31.1 Å². The highest BCUT2D eigenvalue weighted by Gasteiger charge is 2.26. The van der Waals surface area contributed by atoms with E-state index in [-0.39, 0.29) is 0 Å². The molecule has 2 aromatic heterocycles. The fourth-order valence-corrected chi connectivity index (χ4v) is 4.30. The van der Waals surface area contributed by atoms with Gasteiger partial charge in [0, 0.05) is 37.8 Å². The Hall–Kier alpha value is -2.48. The summed E-state index contributed by atoms with van der Waals surface area (Å²) in [6, 6.07) is 3.43. The van der Waals surface area contributed by atoms with Crippen LogP contribution in [0.1, 0.15) is 60.0 Å². The van der Waals surface area contributed by atoms with Crippen molar-refractivity contribution in [1.29, 1.82) is 0 Å².